The average molecular weight is 655 g/mol. The summed E-state index contributed by atoms with van der Waals surface area (Å²) in [7, 11) is 0. The molecule has 4 heteroatoms. The van der Waals surface area contributed by atoms with E-state index in [9.17, 15) is 0 Å². The molecular formula is C47H30N2O2. The van der Waals surface area contributed by atoms with Crippen molar-refractivity contribution in [2.24, 2.45) is 0 Å². The van der Waals surface area contributed by atoms with Crippen LogP contribution in [-0.4, -0.2) is 4.98 Å². The molecule has 0 aliphatic heterocycles. The minimum atomic E-state index is 0.575. The smallest absolute Gasteiger partial charge is 0.228 e. The number of fused-ring (bicyclic) bond motifs is 5. The number of oxazole rings is 1. The molecule has 0 atom stereocenters. The van der Waals surface area contributed by atoms with Crippen LogP contribution in [0, 0.1) is 0 Å². The molecule has 0 radical (unpaired) electrons. The summed E-state index contributed by atoms with van der Waals surface area (Å²) in [5.41, 5.74) is 11.7. The van der Waals surface area contributed by atoms with Crippen molar-refractivity contribution >= 4 is 60.9 Å². The summed E-state index contributed by atoms with van der Waals surface area (Å²) in [6, 6.07) is 63.4. The van der Waals surface area contributed by atoms with Crippen LogP contribution in [0.3, 0.4) is 0 Å². The molecule has 2 heterocycles. The van der Waals surface area contributed by atoms with Gasteiger partial charge < -0.3 is 13.7 Å². The van der Waals surface area contributed by atoms with E-state index in [1.165, 1.54) is 21.9 Å². The van der Waals surface area contributed by atoms with Crippen molar-refractivity contribution in [2.45, 2.75) is 0 Å². The molecule has 0 amide bonds. The van der Waals surface area contributed by atoms with E-state index in [0.717, 1.165) is 66.8 Å². The van der Waals surface area contributed by atoms with Crippen molar-refractivity contribution in [1.29, 1.82) is 0 Å². The summed E-state index contributed by atoms with van der Waals surface area (Å²) in [5, 5.41) is 4.44. The molecule has 0 saturated carbocycles. The molecule has 0 unspecified atom stereocenters. The van der Waals surface area contributed by atoms with E-state index in [0.29, 0.717) is 5.89 Å². The van der Waals surface area contributed by atoms with Crippen LogP contribution < -0.4 is 4.90 Å². The highest BCUT2D eigenvalue weighted by Crippen LogP contribution is 2.45. The van der Waals surface area contributed by atoms with Crippen molar-refractivity contribution in [3.05, 3.63) is 182 Å². The zero-order valence-electron chi connectivity index (χ0n) is 27.5. The molecule has 51 heavy (non-hydrogen) atoms. The van der Waals surface area contributed by atoms with Gasteiger partial charge in [-0.1, -0.05) is 127 Å². The van der Waals surface area contributed by atoms with Crippen LogP contribution in [0.15, 0.2) is 191 Å². The van der Waals surface area contributed by atoms with Crippen molar-refractivity contribution in [3.63, 3.8) is 0 Å². The number of rotatable bonds is 6. The van der Waals surface area contributed by atoms with Crippen LogP contribution >= 0.6 is 0 Å². The van der Waals surface area contributed by atoms with Crippen LogP contribution in [-0.2, 0) is 0 Å². The lowest BCUT2D eigenvalue weighted by Gasteiger charge is -2.26. The number of hydrogen-bond donors (Lipinski definition) is 0. The summed E-state index contributed by atoms with van der Waals surface area (Å²) in [6.45, 7) is 0. The summed E-state index contributed by atoms with van der Waals surface area (Å²) in [6.07, 6.45) is 0. The lowest BCUT2D eigenvalue weighted by atomic mass is 9.98. The number of aromatic nitrogens is 1. The maximum Gasteiger partial charge on any atom is 0.228 e. The Balaban J connectivity index is 1.17. The molecule has 4 nitrogen and oxygen atoms in total. The first kappa shape index (κ1) is 29.0. The molecule has 0 bridgehead atoms. The first-order valence-corrected chi connectivity index (χ1v) is 17.1. The molecule has 0 aliphatic rings. The van der Waals surface area contributed by atoms with Gasteiger partial charge in [0.1, 0.15) is 11.1 Å². The third kappa shape index (κ3) is 4.96. The predicted octanol–water partition coefficient (Wildman–Crippen LogP) is 13.4. The van der Waals surface area contributed by atoms with Gasteiger partial charge in [-0.2, -0.15) is 0 Å². The largest absolute Gasteiger partial charge is 0.454 e. The van der Waals surface area contributed by atoms with Gasteiger partial charge >= 0.3 is 0 Å². The third-order valence-electron chi connectivity index (χ3n) is 9.70. The van der Waals surface area contributed by atoms with Gasteiger partial charge in [0.2, 0.25) is 5.89 Å². The maximum atomic E-state index is 6.79. The Kier molecular flexibility index (Phi) is 6.78. The second-order valence-electron chi connectivity index (χ2n) is 12.7. The summed E-state index contributed by atoms with van der Waals surface area (Å²) < 4.78 is 13.1. The molecule has 240 valence electrons. The molecule has 0 spiro atoms. The number of furan rings is 1. The number of nitrogens with zero attached hydrogens (tertiary/aromatic N) is 2. The van der Waals surface area contributed by atoms with Gasteiger partial charge in [-0.25, -0.2) is 4.98 Å². The van der Waals surface area contributed by atoms with Crippen molar-refractivity contribution in [1.82, 2.24) is 4.98 Å². The zero-order chi connectivity index (χ0) is 33.7. The highest BCUT2D eigenvalue weighted by atomic mass is 16.3. The predicted molar refractivity (Wildman–Crippen MR) is 210 cm³/mol. The highest BCUT2D eigenvalue weighted by molar-refractivity contribution is 6.15. The van der Waals surface area contributed by atoms with Crippen LogP contribution in [0.2, 0.25) is 0 Å². The lowest BCUT2D eigenvalue weighted by Crippen LogP contribution is -2.10. The normalized spacial score (nSPS) is 11.5. The van der Waals surface area contributed by atoms with E-state index in [-0.39, 0.29) is 0 Å². The van der Waals surface area contributed by atoms with Crippen molar-refractivity contribution in [3.8, 4) is 33.7 Å². The number of para-hydroxylation sites is 3. The molecule has 0 N–H and O–H groups in total. The number of hydrogen-bond acceptors (Lipinski definition) is 4. The topological polar surface area (TPSA) is 42.4 Å². The Bertz CT molecular complexity index is 2830. The van der Waals surface area contributed by atoms with Gasteiger partial charge in [0.05, 0.1) is 5.69 Å². The minimum absolute atomic E-state index is 0.575. The van der Waals surface area contributed by atoms with Crippen molar-refractivity contribution in [2.75, 3.05) is 4.90 Å². The number of anilines is 3. The fourth-order valence-corrected chi connectivity index (χ4v) is 7.32. The molecule has 8 aromatic carbocycles. The monoisotopic (exact) mass is 654 g/mol. The highest BCUT2D eigenvalue weighted by Gasteiger charge is 2.22. The van der Waals surface area contributed by atoms with Crippen LogP contribution in [0.5, 0.6) is 0 Å². The fraction of sp³-hybridized carbons (Fsp3) is 0. The second kappa shape index (κ2) is 11.9. The van der Waals surface area contributed by atoms with E-state index < -0.39 is 0 Å². The zero-order valence-corrected chi connectivity index (χ0v) is 27.5. The van der Waals surface area contributed by atoms with E-state index >= 15 is 0 Å². The molecule has 10 rings (SSSR count). The fourth-order valence-electron chi connectivity index (χ4n) is 7.32. The summed E-state index contributed by atoms with van der Waals surface area (Å²) in [4.78, 5) is 7.14. The minimum Gasteiger partial charge on any atom is -0.454 e. The van der Waals surface area contributed by atoms with E-state index in [1.807, 2.05) is 36.4 Å². The van der Waals surface area contributed by atoms with Gasteiger partial charge in [0, 0.05) is 27.7 Å². The summed E-state index contributed by atoms with van der Waals surface area (Å²) >= 11 is 0. The molecule has 2 aromatic heterocycles. The van der Waals surface area contributed by atoms with Gasteiger partial charge in [-0.05, 0) is 87.6 Å². The molecule has 0 aliphatic carbocycles. The summed E-state index contributed by atoms with van der Waals surface area (Å²) in [5.74, 6) is 0.575. The average Bonchev–Trinajstić information content (AvgIpc) is 3.81. The Morgan fingerprint density at radius 1 is 0.431 bits per heavy atom. The lowest BCUT2D eigenvalue weighted by molar-refractivity contribution is 0.620. The molecule has 10 aromatic rings. The van der Waals surface area contributed by atoms with Gasteiger partial charge in [-0.15, -0.1) is 0 Å². The molecular weight excluding hydrogens is 625 g/mol. The SMILES string of the molecule is c1ccc(-c2cccc(N(c3ccc(-c4cccc5ccccc45)cc3)c3cccc4c3oc3cccc(-c5nc6ccccc6o5)c34)c2)cc1. The Labute approximate surface area is 294 Å². The van der Waals surface area contributed by atoms with E-state index in [1.54, 1.807) is 0 Å². The van der Waals surface area contributed by atoms with Crippen LogP contribution in [0.25, 0.3) is 77.5 Å². The third-order valence-corrected chi connectivity index (χ3v) is 9.70. The quantitative estimate of drug-likeness (QED) is 0.179. The van der Waals surface area contributed by atoms with Crippen LogP contribution in [0.4, 0.5) is 17.1 Å². The van der Waals surface area contributed by atoms with Crippen molar-refractivity contribution < 1.29 is 8.83 Å². The first-order chi connectivity index (χ1) is 25.3. The second-order valence-corrected chi connectivity index (χ2v) is 12.7. The maximum absolute atomic E-state index is 6.79. The standard InChI is InChI=1S/C47H30N2O2/c1-2-12-31(13-3-1)34-16-8-17-36(30-34)49(35-28-26-33(27-29-35)38-19-9-15-32-14-4-5-18-37(32)38)42-23-10-20-39-45-40(21-11-25-44(45)50-46(39)42)47-48-41-22-6-7-24-43(41)51-47/h1-30H. The van der Waals surface area contributed by atoms with Crippen LogP contribution in [0.1, 0.15) is 0 Å². The first-order valence-electron chi connectivity index (χ1n) is 17.1. The van der Waals surface area contributed by atoms with Gasteiger partial charge in [0.15, 0.2) is 11.2 Å². The van der Waals surface area contributed by atoms with Gasteiger partial charge in [0.25, 0.3) is 0 Å². The Hall–Kier alpha value is -6.91. The van der Waals surface area contributed by atoms with E-state index in [2.05, 4.69) is 150 Å². The molecule has 0 fully saturated rings. The van der Waals surface area contributed by atoms with Gasteiger partial charge in [-0.3, -0.25) is 0 Å². The van der Waals surface area contributed by atoms with E-state index in [4.69, 9.17) is 13.8 Å². The number of benzene rings is 8. The Morgan fingerprint density at radius 3 is 2.02 bits per heavy atom. The Morgan fingerprint density at radius 2 is 1.12 bits per heavy atom. The molecule has 0 saturated heterocycles.